The van der Waals surface area contributed by atoms with E-state index < -0.39 is 0 Å². The first-order chi connectivity index (χ1) is 10.3. The topological polar surface area (TPSA) is 71.2 Å². The minimum Gasteiger partial charge on any atom is -0.492 e. The van der Waals surface area contributed by atoms with Crippen LogP contribution in [0.4, 0.5) is 0 Å². The molecule has 21 heavy (non-hydrogen) atoms. The van der Waals surface area contributed by atoms with E-state index in [2.05, 4.69) is 10.3 Å². The molecule has 0 saturated carbocycles. The van der Waals surface area contributed by atoms with Crippen molar-refractivity contribution in [3.8, 4) is 5.75 Å². The van der Waals surface area contributed by atoms with Crippen molar-refractivity contribution in [3.05, 3.63) is 41.0 Å². The van der Waals surface area contributed by atoms with Gasteiger partial charge in [0.15, 0.2) is 0 Å². The van der Waals surface area contributed by atoms with Crippen molar-refractivity contribution in [1.29, 1.82) is 0 Å². The van der Waals surface area contributed by atoms with Crippen LogP contribution >= 0.6 is 0 Å². The first-order valence-corrected chi connectivity index (χ1v) is 6.83. The summed E-state index contributed by atoms with van der Waals surface area (Å²) in [6, 6.07) is 7.81. The fourth-order valence-electron chi connectivity index (χ4n) is 3.46. The predicted octanol–water partition coefficient (Wildman–Crippen LogP) is 2.14. The third-order valence-electron chi connectivity index (χ3n) is 4.29. The van der Waals surface area contributed by atoms with E-state index in [9.17, 15) is 9.59 Å². The van der Waals surface area contributed by atoms with E-state index in [4.69, 9.17) is 4.74 Å². The minimum absolute atomic E-state index is 0.344. The van der Waals surface area contributed by atoms with E-state index in [1.165, 1.54) is 0 Å². The molecule has 0 unspecified atom stereocenters. The van der Waals surface area contributed by atoms with Gasteiger partial charge in [-0.1, -0.05) is 18.2 Å². The van der Waals surface area contributed by atoms with E-state index >= 15 is 0 Å². The lowest BCUT2D eigenvalue weighted by molar-refractivity contribution is 0.0879. The van der Waals surface area contributed by atoms with Gasteiger partial charge < -0.3 is 9.72 Å². The molecular formula is C16H10N2O3. The summed E-state index contributed by atoms with van der Waals surface area (Å²) in [6.45, 7) is 0.539. The maximum absolute atomic E-state index is 12.2. The van der Waals surface area contributed by atoms with Crippen LogP contribution in [0.2, 0.25) is 0 Å². The van der Waals surface area contributed by atoms with E-state index in [1.54, 1.807) is 0 Å². The first kappa shape index (κ1) is 10.9. The normalized spacial score (nSPS) is 16.2. The predicted molar refractivity (Wildman–Crippen MR) is 76.8 cm³/mol. The highest BCUT2D eigenvalue weighted by Gasteiger charge is 2.37. The number of aromatic nitrogens is 1. The molecule has 102 valence electrons. The fraction of sp³-hybridized carbons (Fsp3) is 0.125. The fourth-order valence-corrected chi connectivity index (χ4v) is 3.46. The van der Waals surface area contributed by atoms with E-state index in [0.29, 0.717) is 23.5 Å². The molecule has 3 aromatic rings. The van der Waals surface area contributed by atoms with Crippen molar-refractivity contribution in [2.24, 2.45) is 0 Å². The van der Waals surface area contributed by atoms with Crippen LogP contribution in [0.3, 0.4) is 0 Å². The van der Waals surface area contributed by atoms with Gasteiger partial charge in [-0.2, -0.15) is 0 Å². The summed E-state index contributed by atoms with van der Waals surface area (Å²) in [5.74, 6) is -0.143. The third-order valence-corrected chi connectivity index (χ3v) is 4.29. The molecule has 5 rings (SSSR count). The van der Waals surface area contributed by atoms with Gasteiger partial charge in [-0.25, -0.2) is 0 Å². The monoisotopic (exact) mass is 278 g/mol. The number of benzene rings is 2. The number of carbonyl (C=O) groups excluding carboxylic acids is 2. The molecule has 0 bridgehead atoms. The number of hydrogen-bond acceptors (Lipinski definition) is 3. The zero-order valence-corrected chi connectivity index (χ0v) is 10.9. The molecule has 2 N–H and O–H groups in total. The van der Waals surface area contributed by atoms with Gasteiger partial charge in [0.1, 0.15) is 5.75 Å². The van der Waals surface area contributed by atoms with E-state index in [0.717, 1.165) is 33.8 Å². The van der Waals surface area contributed by atoms with E-state index in [-0.39, 0.29) is 11.8 Å². The Bertz CT molecular complexity index is 984. The highest BCUT2D eigenvalue weighted by atomic mass is 16.5. The number of nitrogens with one attached hydrogen (secondary N) is 2. The Kier molecular flexibility index (Phi) is 1.78. The van der Waals surface area contributed by atoms with Crippen LogP contribution in [0, 0.1) is 0 Å². The summed E-state index contributed by atoms with van der Waals surface area (Å²) < 4.78 is 5.63. The number of aromatic amines is 1. The lowest BCUT2D eigenvalue weighted by Gasteiger charge is -2.06. The summed E-state index contributed by atoms with van der Waals surface area (Å²) in [5.41, 5.74) is 3.69. The number of para-hydroxylation sites is 1. The number of H-pyrrole nitrogens is 1. The number of imide groups is 1. The molecule has 0 spiro atoms. The standard InChI is InChI=1S/C16H10N2O3/c19-15-11-10-7-3-1-2-4-9(7)17-13(10)8-5-6-21-14(8)12(11)16(20)18-15/h1-4,17H,5-6H2,(H,18,19,20). The highest BCUT2D eigenvalue weighted by Crippen LogP contribution is 2.43. The van der Waals surface area contributed by atoms with Crippen LogP contribution in [-0.2, 0) is 6.42 Å². The quantitative estimate of drug-likeness (QED) is 0.619. The molecule has 1 aromatic heterocycles. The van der Waals surface area contributed by atoms with Crippen molar-refractivity contribution >= 4 is 33.6 Å². The molecule has 5 heteroatoms. The summed E-state index contributed by atoms with van der Waals surface area (Å²) in [6.07, 6.45) is 0.743. The van der Waals surface area contributed by atoms with Crippen LogP contribution in [-0.4, -0.2) is 23.4 Å². The molecule has 0 aliphatic carbocycles. The van der Waals surface area contributed by atoms with Crippen LogP contribution < -0.4 is 10.1 Å². The van der Waals surface area contributed by atoms with Crippen molar-refractivity contribution in [1.82, 2.24) is 10.3 Å². The Labute approximate surface area is 118 Å². The maximum Gasteiger partial charge on any atom is 0.262 e. The largest absolute Gasteiger partial charge is 0.492 e. The second-order valence-electron chi connectivity index (χ2n) is 5.36. The lowest BCUT2D eigenvalue weighted by atomic mass is 9.97. The Morgan fingerprint density at radius 2 is 1.86 bits per heavy atom. The Hall–Kier alpha value is -2.82. The number of hydrogen-bond donors (Lipinski definition) is 2. The Morgan fingerprint density at radius 3 is 2.76 bits per heavy atom. The number of ether oxygens (including phenoxy) is 1. The summed E-state index contributed by atoms with van der Waals surface area (Å²) >= 11 is 0. The summed E-state index contributed by atoms with van der Waals surface area (Å²) in [4.78, 5) is 27.7. The highest BCUT2D eigenvalue weighted by molar-refractivity contribution is 6.31. The molecule has 2 aromatic carbocycles. The lowest BCUT2D eigenvalue weighted by Crippen LogP contribution is -2.20. The van der Waals surface area contributed by atoms with Crippen LogP contribution in [0.15, 0.2) is 24.3 Å². The van der Waals surface area contributed by atoms with Crippen molar-refractivity contribution in [2.45, 2.75) is 6.42 Å². The smallest absolute Gasteiger partial charge is 0.262 e. The second kappa shape index (κ2) is 3.44. The molecule has 0 radical (unpaired) electrons. The maximum atomic E-state index is 12.2. The molecule has 2 aliphatic rings. The number of carbonyl (C=O) groups is 2. The van der Waals surface area contributed by atoms with Gasteiger partial charge in [0.2, 0.25) is 0 Å². The van der Waals surface area contributed by atoms with Crippen LogP contribution in [0.5, 0.6) is 5.75 Å². The Morgan fingerprint density at radius 1 is 1.05 bits per heavy atom. The molecule has 2 aliphatic heterocycles. The van der Waals surface area contributed by atoms with Gasteiger partial charge in [-0.15, -0.1) is 0 Å². The van der Waals surface area contributed by atoms with Crippen molar-refractivity contribution < 1.29 is 14.3 Å². The SMILES string of the molecule is O=C1NC(=O)c2c1c1c(c3[nH]c4ccccc4c23)CCO1. The molecule has 0 atom stereocenters. The van der Waals surface area contributed by atoms with Crippen molar-refractivity contribution in [2.75, 3.05) is 6.61 Å². The summed E-state index contributed by atoms with van der Waals surface area (Å²) in [5, 5.41) is 4.18. The van der Waals surface area contributed by atoms with E-state index in [1.807, 2.05) is 24.3 Å². The number of fused-ring (bicyclic) bond motifs is 8. The van der Waals surface area contributed by atoms with Gasteiger partial charge in [-0.3, -0.25) is 14.9 Å². The average Bonchev–Trinajstić information content (AvgIpc) is 3.14. The molecule has 5 nitrogen and oxygen atoms in total. The molecule has 2 amide bonds. The van der Waals surface area contributed by atoms with Crippen molar-refractivity contribution in [3.63, 3.8) is 0 Å². The Balaban J connectivity index is 2.11. The zero-order valence-electron chi connectivity index (χ0n) is 10.9. The molecule has 0 fully saturated rings. The van der Waals surface area contributed by atoms with Gasteiger partial charge in [0.25, 0.3) is 11.8 Å². The minimum atomic E-state index is -0.361. The van der Waals surface area contributed by atoms with Gasteiger partial charge >= 0.3 is 0 Å². The number of rotatable bonds is 0. The van der Waals surface area contributed by atoms with Gasteiger partial charge in [-0.05, 0) is 6.07 Å². The second-order valence-corrected chi connectivity index (χ2v) is 5.36. The third kappa shape index (κ3) is 1.17. The molecule has 0 saturated heterocycles. The van der Waals surface area contributed by atoms with Gasteiger partial charge in [0, 0.05) is 28.3 Å². The average molecular weight is 278 g/mol. The number of amides is 2. The molecular weight excluding hydrogens is 268 g/mol. The van der Waals surface area contributed by atoms with Gasteiger partial charge in [0.05, 0.1) is 23.3 Å². The first-order valence-electron chi connectivity index (χ1n) is 6.83. The summed E-state index contributed by atoms with van der Waals surface area (Å²) in [7, 11) is 0. The zero-order chi connectivity index (χ0) is 14.1. The van der Waals surface area contributed by atoms with Crippen LogP contribution in [0.25, 0.3) is 21.8 Å². The molecule has 3 heterocycles. The van der Waals surface area contributed by atoms with Crippen LogP contribution in [0.1, 0.15) is 26.3 Å².